The first-order valence-corrected chi connectivity index (χ1v) is 5.79. The summed E-state index contributed by atoms with van der Waals surface area (Å²) < 4.78 is 110. The van der Waals surface area contributed by atoms with Crippen LogP contribution in [0.3, 0.4) is 0 Å². The fraction of sp³-hybridized carbons (Fsp3) is 1.00. The van der Waals surface area contributed by atoms with Crippen LogP contribution in [0.25, 0.3) is 0 Å². The second kappa shape index (κ2) is 5.23. The normalized spacial score (nSPS) is 19.5. The first-order valence-electron chi connectivity index (χ1n) is 4.55. The van der Waals surface area contributed by atoms with Gasteiger partial charge in [-0.25, -0.2) is 4.39 Å². The molecule has 0 rings (SSSR count). The maximum Gasteiger partial charge on any atom is 0.457 e. The highest BCUT2D eigenvalue weighted by Gasteiger charge is 2.80. The van der Waals surface area contributed by atoms with Crippen molar-refractivity contribution in [1.82, 2.24) is 0 Å². The fourth-order valence-corrected chi connectivity index (χ4v) is 1.70. The predicted octanol–water partition coefficient (Wildman–Crippen LogP) is 5.06. The lowest BCUT2D eigenvalue weighted by Crippen LogP contribution is -2.62. The van der Waals surface area contributed by atoms with Gasteiger partial charge in [0.15, 0.2) is 0 Å². The van der Waals surface area contributed by atoms with Crippen LogP contribution in [-0.2, 0) is 0 Å². The Morgan fingerprint density at radius 3 is 1.44 bits per heavy atom. The smallest absolute Gasteiger partial charge is 0.227 e. The van der Waals surface area contributed by atoms with Gasteiger partial charge in [0.1, 0.15) is 0 Å². The molecular formula is C8H8F9I. The highest BCUT2D eigenvalue weighted by molar-refractivity contribution is 14.1. The van der Waals surface area contributed by atoms with Gasteiger partial charge in [-0.2, -0.15) is 35.1 Å². The number of halogens is 10. The zero-order chi connectivity index (χ0) is 15.0. The van der Waals surface area contributed by atoms with Crippen LogP contribution < -0.4 is 0 Å². The largest absolute Gasteiger partial charge is 0.457 e. The molecule has 2 atom stereocenters. The van der Waals surface area contributed by atoms with Crippen LogP contribution in [0.15, 0.2) is 0 Å². The number of hydrogen-bond donors (Lipinski definition) is 0. The standard InChI is InChI=1S/C8H8F9I/c1-2-4(18)3-5(9,7(12,13)14)6(10,11)8(15,16)17/h4H,2-3H2,1H3. The van der Waals surface area contributed by atoms with Crippen LogP contribution in [-0.4, -0.2) is 27.9 Å². The van der Waals surface area contributed by atoms with E-state index in [4.69, 9.17) is 0 Å². The lowest BCUT2D eigenvalue weighted by Gasteiger charge is -2.36. The molecule has 18 heavy (non-hydrogen) atoms. The SMILES string of the molecule is CCC(I)CC(F)(C(F)(F)F)C(F)(F)C(F)(F)F. The maximum atomic E-state index is 13.4. The van der Waals surface area contributed by atoms with E-state index in [1.807, 2.05) is 0 Å². The third-order valence-corrected chi connectivity index (χ3v) is 3.57. The zero-order valence-electron chi connectivity index (χ0n) is 8.77. The van der Waals surface area contributed by atoms with E-state index in [0.717, 1.165) is 0 Å². The summed E-state index contributed by atoms with van der Waals surface area (Å²) in [7, 11) is 0. The Kier molecular flexibility index (Phi) is 5.26. The molecule has 10 heteroatoms. The minimum atomic E-state index is -6.61. The molecule has 0 bridgehead atoms. The fourth-order valence-electron chi connectivity index (χ4n) is 1.10. The molecule has 0 radical (unpaired) electrons. The lowest BCUT2D eigenvalue weighted by molar-refractivity contribution is -0.384. The molecule has 0 N–H and O–H groups in total. The molecule has 2 unspecified atom stereocenters. The maximum absolute atomic E-state index is 13.4. The molecule has 0 aromatic rings. The van der Waals surface area contributed by atoms with Crippen molar-refractivity contribution >= 4 is 22.6 Å². The predicted molar refractivity (Wildman–Crippen MR) is 53.6 cm³/mol. The van der Waals surface area contributed by atoms with E-state index in [2.05, 4.69) is 0 Å². The summed E-state index contributed by atoms with van der Waals surface area (Å²) in [6, 6.07) is 0. The average molecular weight is 402 g/mol. The van der Waals surface area contributed by atoms with E-state index in [-0.39, 0.29) is 6.42 Å². The van der Waals surface area contributed by atoms with E-state index in [0.29, 0.717) is 0 Å². The van der Waals surface area contributed by atoms with Crippen molar-refractivity contribution in [1.29, 1.82) is 0 Å². The highest BCUT2D eigenvalue weighted by Crippen LogP contribution is 2.55. The molecule has 0 aliphatic rings. The topological polar surface area (TPSA) is 0 Å². The molecule has 0 heterocycles. The summed E-state index contributed by atoms with van der Waals surface area (Å²) in [4.78, 5) is 0. The highest BCUT2D eigenvalue weighted by atomic mass is 127. The second-order valence-electron chi connectivity index (χ2n) is 3.58. The third-order valence-electron chi connectivity index (χ3n) is 2.25. The molecule has 0 aliphatic carbocycles. The zero-order valence-corrected chi connectivity index (χ0v) is 10.9. The molecule has 0 nitrogen and oxygen atoms in total. The van der Waals surface area contributed by atoms with Crippen molar-refractivity contribution < 1.29 is 39.5 Å². The molecule has 0 spiro atoms. The van der Waals surface area contributed by atoms with Gasteiger partial charge in [-0.1, -0.05) is 29.5 Å². The molecule has 0 aromatic heterocycles. The minimum absolute atomic E-state index is 0.170. The van der Waals surface area contributed by atoms with Gasteiger partial charge in [0.2, 0.25) is 0 Å². The first-order chi connectivity index (χ1) is 7.70. The van der Waals surface area contributed by atoms with Crippen molar-refractivity contribution in [3.8, 4) is 0 Å². The quantitative estimate of drug-likeness (QED) is 0.351. The summed E-state index contributed by atoms with van der Waals surface area (Å²) in [5.74, 6) is -6.49. The Labute approximate surface area is 110 Å². The summed E-state index contributed by atoms with van der Waals surface area (Å²) >= 11 is 1.20. The van der Waals surface area contributed by atoms with Gasteiger partial charge in [0.25, 0.3) is 5.67 Å². The summed E-state index contributed by atoms with van der Waals surface area (Å²) in [5, 5.41) is 0. The van der Waals surface area contributed by atoms with Crippen molar-refractivity contribution in [2.24, 2.45) is 0 Å². The molecule has 0 fully saturated rings. The van der Waals surface area contributed by atoms with Gasteiger partial charge in [0.05, 0.1) is 0 Å². The Morgan fingerprint density at radius 2 is 1.22 bits per heavy atom. The van der Waals surface area contributed by atoms with Gasteiger partial charge in [0, 0.05) is 10.3 Å². The lowest BCUT2D eigenvalue weighted by atomic mass is 9.90. The van der Waals surface area contributed by atoms with E-state index in [1.54, 1.807) is 0 Å². The Balaban J connectivity index is 5.64. The molecule has 110 valence electrons. The van der Waals surface area contributed by atoms with Gasteiger partial charge < -0.3 is 0 Å². The van der Waals surface area contributed by atoms with Crippen molar-refractivity contribution in [2.45, 2.75) is 47.6 Å². The van der Waals surface area contributed by atoms with Crippen LogP contribution in [0.4, 0.5) is 39.5 Å². The van der Waals surface area contributed by atoms with Gasteiger partial charge in [-0.15, -0.1) is 0 Å². The van der Waals surface area contributed by atoms with Gasteiger partial charge in [-0.3, -0.25) is 0 Å². The van der Waals surface area contributed by atoms with Crippen LogP contribution in [0, 0.1) is 0 Å². The average Bonchev–Trinajstić information content (AvgIpc) is 2.13. The van der Waals surface area contributed by atoms with E-state index in [9.17, 15) is 39.5 Å². The van der Waals surface area contributed by atoms with Crippen LogP contribution >= 0.6 is 22.6 Å². The van der Waals surface area contributed by atoms with E-state index < -0.39 is 34.3 Å². The molecule has 0 aliphatic heterocycles. The van der Waals surface area contributed by atoms with Crippen LogP contribution in [0.5, 0.6) is 0 Å². The van der Waals surface area contributed by atoms with Crippen LogP contribution in [0.2, 0.25) is 0 Å². The number of rotatable bonds is 4. The Bertz CT molecular complexity index is 281. The second-order valence-corrected chi connectivity index (χ2v) is 5.34. The molecule has 0 saturated heterocycles. The van der Waals surface area contributed by atoms with Gasteiger partial charge in [-0.05, 0) is 6.42 Å². The summed E-state index contributed by atoms with van der Waals surface area (Å²) in [6.45, 7) is 1.25. The van der Waals surface area contributed by atoms with Crippen molar-refractivity contribution in [3.63, 3.8) is 0 Å². The number of hydrogen-bond acceptors (Lipinski definition) is 0. The minimum Gasteiger partial charge on any atom is -0.227 e. The third kappa shape index (κ3) is 3.16. The van der Waals surface area contributed by atoms with E-state index in [1.165, 1.54) is 29.5 Å². The molecular weight excluding hydrogens is 394 g/mol. The molecule has 0 amide bonds. The number of alkyl halides is 10. The molecule has 0 saturated carbocycles. The summed E-state index contributed by atoms with van der Waals surface area (Å²) in [6.07, 6.45) is -15.1. The van der Waals surface area contributed by atoms with Crippen molar-refractivity contribution in [3.05, 3.63) is 0 Å². The summed E-state index contributed by atoms with van der Waals surface area (Å²) in [5.41, 5.74) is -5.62. The monoisotopic (exact) mass is 402 g/mol. The van der Waals surface area contributed by atoms with Crippen molar-refractivity contribution in [2.75, 3.05) is 0 Å². The Morgan fingerprint density at radius 1 is 0.833 bits per heavy atom. The van der Waals surface area contributed by atoms with E-state index >= 15 is 0 Å². The Hall–Kier alpha value is 0.1000. The van der Waals surface area contributed by atoms with Gasteiger partial charge >= 0.3 is 18.3 Å². The molecule has 0 aromatic carbocycles. The van der Waals surface area contributed by atoms with Crippen LogP contribution in [0.1, 0.15) is 19.8 Å². The first kappa shape index (κ1) is 18.1.